The van der Waals surface area contributed by atoms with Gasteiger partial charge in [-0.05, 0) is 44.2 Å². The molecule has 0 spiro atoms. The Morgan fingerprint density at radius 2 is 1.69 bits per heavy atom. The van der Waals surface area contributed by atoms with Gasteiger partial charge in [0, 0.05) is 10.9 Å². The average molecular weight is 396 g/mol. The van der Waals surface area contributed by atoms with Gasteiger partial charge in [-0.1, -0.05) is 18.2 Å². The smallest absolute Gasteiger partial charge is 0.374 e. The van der Waals surface area contributed by atoms with E-state index in [9.17, 15) is 14.4 Å². The Balaban J connectivity index is 1.65. The van der Waals surface area contributed by atoms with Gasteiger partial charge in [0.25, 0.3) is 0 Å². The number of esters is 2. The first kappa shape index (κ1) is 20.1. The third-order valence-electron chi connectivity index (χ3n) is 4.15. The largest absolute Gasteiger partial charge is 0.482 e. The maximum absolute atomic E-state index is 12.2. The van der Waals surface area contributed by atoms with Crippen LogP contribution in [0.3, 0.4) is 0 Å². The monoisotopic (exact) mass is 396 g/mol. The number of fused-ring (bicyclic) bond motifs is 1. The number of Topliss-reactive ketones (excluding diaryl/α,β-unsaturated/α-hetero) is 1. The van der Waals surface area contributed by atoms with Crippen LogP contribution in [-0.4, -0.2) is 30.9 Å². The predicted molar refractivity (Wildman–Crippen MR) is 104 cm³/mol. The lowest BCUT2D eigenvalue weighted by molar-refractivity contribution is -0.147. The number of para-hydroxylation sites is 1. The molecule has 0 atom stereocenters. The van der Waals surface area contributed by atoms with E-state index in [0.29, 0.717) is 27.8 Å². The highest BCUT2D eigenvalue weighted by molar-refractivity contribution is 5.96. The molecule has 0 saturated carbocycles. The second-order valence-electron chi connectivity index (χ2n) is 6.16. The van der Waals surface area contributed by atoms with Gasteiger partial charge in [-0.3, -0.25) is 4.79 Å². The third kappa shape index (κ3) is 4.82. The summed E-state index contributed by atoms with van der Waals surface area (Å²) < 4.78 is 21.2. The third-order valence-corrected chi connectivity index (χ3v) is 4.15. The van der Waals surface area contributed by atoms with Gasteiger partial charge in [0.15, 0.2) is 12.4 Å². The second kappa shape index (κ2) is 9.05. The number of benzene rings is 2. The molecule has 2 aromatic carbocycles. The van der Waals surface area contributed by atoms with Crippen LogP contribution in [0.25, 0.3) is 11.0 Å². The van der Waals surface area contributed by atoms with Crippen LogP contribution in [0.2, 0.25) is 0 Å². The molecular formula is C22H20O7. The zero-order valence-electron chi connectivity index (χ0n) is 16.1. The Labute approximate surface area is 167 Å². The molecule has 7 heteroatoms. The van der Waals surface area contributed by atoms with Crippen LogP contribution in [0.5, 0.6) is 5.75 Å². The molecule has 0 aliphatic heterocycles. The van der Waals surface area contributed by atoms with Crippen LogP contribution < -0.4 is 4.74 Å². The molecule has 0 bridgehead atoms. The molecule has 1 heterocycles. The molecule has 0 unspecified atom stereocenters. The Morgan fingerprint density at radius 1 is 0.966 bits per heavy atom. The minimum atomic E-state index is -0.614. The number of rotatable bonds is 8. The molecule has 3 aromatic rings. The number of carbonyl (C=O) groups excluding carboxylic acids is 3. The van der Waals surface area contributed by atoms with Crippen LogP contribution in [0.15, 0.2) is 52.9 Å². The maximum atomic E-state index is 12.2. The minimum absolute atomic E-state index is 0.0154. The second-order valence-corrected chi connectivity index (χ2v) is 6.16. The molecule has 0 saturated heterocycles. The highest BCUT2D eigenvalue weighted by Crippen LogP contribution is 2.27. The highest BCUT2D eigenvalue weighted by Gasteiger charge is 2.22. The molecule has 7 nitrogen and oxygen atoms in total. The molecule has 0 amide bonds. The Morgan fingerprint density at radius 3 is 2.38 bits per heavy atom. The van der Waals surface area contributed by atoms with Gasteiger partial charge in [-0.25, -0.2) is 9.59 Å². The van der Waals surface area contributed by atoms with E-state index in [0.717, 1.165) is 0 Å². The SMILES string of the molecule is CCOC(=O)c1oc2ccccc2c1COC(=O)COc1ccc(C(C)=O)cc1. The van der Waals surface area contributed by atoms with E-state index in [1.54, 1.807) is 55.5 Å². The van der Waals surface area contributed by atoms with Gasteiger partial charge in [-0.15, -0.1) is 0 Å². The first-order chi connectivity index (χ1) is 14.0. The molecule has 29 heavy (non-hydrogen) atoms. The summed E-state index contributed by atoms with van der Waals surface area (Å²) in [4.78, 5) is 35.5. The van der Waals surface area contributed by atoms with E-state index in [4.69, 9.17) is 18.6 Å². The lowest BCUT2D eigenvalue weighted by atomic mass is 10.1. The van der Waals surface area contributed by atoms with Crippen molar-refractivity contribution < 1.29 is 33.0 Å². The van der Waals surface area contributed by atoms with Crippen molar-refractivity contribution in [1.29, 1.82) is 0 Å². The average Bonchev–Trinajstić information content (AvgIpc) is 3.10. The van der Waals surface area contributed by atoms with Crippen molar-refractivity contribution in [2.24, 2.45) is 0 Å². The summed E-state index contributed by atoms with van der Waals surface area (Å²) in [7, 11) is 0. The molecular weight excluding hydrogens is 376 g/mol. The molecule has 3 rings (SSSR count). The van der Waals surface area contributed by atoms with Gasteiger partial charge in [0.1, 0.15) is 17.9 Å². The van der Waals surface area contributed by atoms with E-state index in [1.807, 2.05) is 0 Å². The summed E-state index contributed by atoms with van der Waals surface area (Å²) in [5.41, 5.74) is 1.50. The van der Waals surface area contributed by atoms with Gasteiger partial charge in [0.05, 0.1) is 12.2 Å². The Hall–Kier alpha value is -3.61. The molecule has 0 radical (unpaired) electrons. The fourth-order valence-corrected chi connectivity index (χ4v) is 2.73. The number of ether oxygens (including phenoxy) is 3. The van der Waals surface area contributed by atoms with Crippen molar-refractivity contribution in [3.63, 3.8) is 0 Å². The number of hydrogen-bond donors (Lipinski definition) is 0. The zero-order valence-corrected chi connectivity index (χ0v) is 16.1. The summed E-state index contributed by atoms with van der Waals surface area (Å²) in [5, 5.41) is 0.670. The highest BCUT2D eigenvalue weighted by atomic mass is 16.6. The molecule has 0 aliphatic rings. The van der Waals surface area contributed by atoms with Crippen molar-refractivity contribution in [2.75, 3.05) is 13.2 Å². The number of hydrogen-bond acceptors (Lipinski definition) is 7. The maximum Gasteiger partial charge on any atom is 0.374 e. The van der Waals surface area contributed by atoms with Crippen LogP contribution in [0.4, 0.5) is 0 Å². The van der Waals surface area contributed by atoms with Crippen molar-refractivity contribution in [3.05, 3.63) is 65.4 Å². The van der Waals surface area contributed by atoms with Crippen molar-refractivity contribution in [3.8, 4) is 5.75 Å². The van der Waals surface area contributed by atoms with E-state index in [2.05, 4.69) is 0 Å². The normalized spacial score (nSPS) is 10.6. The molecule has 0 N–H and O–H groups in total. The molecule has 1 aromatic heterocycles. The van der Waals surface area contributed by atoms with Gasteiger partial charge in [-0.2, -0.15) is 0 Å². The van der Waals surface area contributed by atoms with Crippen LogP contribution in [0, 0.1) is 0 Å². The Kier molecular flexibility index (Phi) is 6.29. The predicted octanol–water partition coefficient (Wildman–Crippen LogP) is 3.93. The van der Waals surface area contributed by atoms with Crippen LogP contribution in [0.1, 0.15) is 40.3 Å². The van der Waals surface area contributed by atoms with Crippen LogP contribution >= 0.6 is 0 Å². The number of carbonyl (C=O) groups is 3. The topological polar surface area (TPSA) is 92.0 Å². The van der Waals surface area contributed by atoms with Crippen molar-refractivity contribution in [2.45, 2.75) is 20.5 Å². The zero-order chi connectivity index (χ0) is 20.8. The quantitative estimate of drug-likeness (QED) is 0.421. The van der Waals surface area contributed by atoms with E-state index in [-0.39, 0.29) is 31.4 Å². The number of furan rings is 1. The summed E-state index contributed by atoms with van der Waals surface area (Å²) in [6.45, 7) is 2.89. The van der Waals surface area contributed by atoms with Crippen LogP contribution in [-0.2, 0) is 20.9 Å². The summed E-state index contributed by atoms with van der Waals surface area (Å²) >= 11 is 0. The summed E-state index contributed by atoms with van der Waals surface area (Å²) in [6.07, 6.45) is 0. The summed E-state index contributed by atoms with van der Waals surface area (Å²) in [5.74, 6) is -0.826. The molecule has 0 aliphatic carbocycles. The fraction of sp³-hybridized carbons (Fsp3) is 0.227. The first-order valence-electron chi connectivity index (χ1n) is 9.06. The lowest BCUT2D eigenvalue weighted by Gasteiger charge is -2.08. The Bertz CT molecular complexity index is 1030. The van der Waals surface area contributed by atoms with Gasteiger partial charge < -0.3 is 18.6 Å². The van der Waals surface area contributed by atoms with Gasteiger partial charge >= 0.3 is 11.9 Å². The van der Waals surface area contributed by atoms with Crippen molar-refractivity contribution in [1.82, 2.24) is 0 Å². The van der Waals surface area contributed by atoms with Crippen molar-refractivity contribution >= 4 is 28.7 Å². The lowest BCUT2D eigenvalue weighted by Crippen LogP contribution is -2.16. The van der Waals surface area contributed by atoms with E-state index < -0.39 is 11.9 Å². The minimum Gasteiger partial charge on any atom is -0.482 e. The van der Waals surface area contributed by atoms with Gasteiger partial charge in [0.2, 0.25) is 5.76 Å². The van der Waals surface area contributed by atoms with E-state index in [1.165, 1.54) is 6.92 Å². The molecule has 150 valence electrons. The fourth-order valence-electron chi connectivity index (χ4n) is 2.73. The molecule has 0 fully saturated rings. The van der Waals surface area contributed by atoms with E-state index >= 15 is 0 Å². The first-order valence-corrected chi connectivity index (χ1v) is 9.06. The number of ketones is 1. The standard InChI is InChI=1S/C22H20O7/c1-3-26-22(25)21-18(17-6-4-5-7-19(17)29-21)12-28-20(24)13-27-16-10-8-15(9-11-16)14(2)23/h4-11H,3,12-13H2,1-2H3. The summed E-state index contributed by atoms with van der Waals surface area (Å²) in [6, 6.07) is 13.5.